The number of imide groups is 2. The van der Waals surface area contributed by atoms with Gasteiger partial charge in [-0.1, -0.05) is 23.7 Å². The lowest BCUT2D eigenvalue weighted by atomic mass is 9.99. The number of aliphatic hydroxyl groups excluding tert-OH is 3. The number of nitrogen functional groups attached to an aromatic ring is 1. The summed E-state index contributed by atoms with van der Waals surface area (Å²) < 4.78 is 40.9. The molecular formula is C45H55ClN8O15. The Balaban J connectivity index is 0.663. The quantitative estimate of drug-likeness (QED) is 0.0316. The fourth-order valence-corrected chi connectivity index (χ4v) is 8.06. The Kier molecular flexibility index (Phi) is 18.2. The Morgan fingerprint density at radius 3 is 2.28 bits per heavy atom. The third-order valence-corrected chi connectivity index (χ3v) is 11.7. The van der Waals surface area contributed by atoms with Crippen LogP contribution in [0.25, 0.3) is 11.0 Å². The van der Waals surface area contributed by atoms with Crippen molar-refractivity contribution < 1.29 is 72.5 Å². The minimum absolute atomic E-state index is 0.0461. The molecule has 5 heterocycles. The van der Waals surface area contributed by atoms with Gasteiger partial charge in [0.1, 0.15) is 60.6 Å². The molecular weight excluding hydrogens is 928 g/mol. The van der Waals surface area contributed by atoms with Gasteiger partial charge in [-0.25, -0.2) is 9.97 Å². The summed E-state index contributed by atoms with van der Waals surface area (Å²) in [5, 5.41) is 41.7. The van der Waals surface area contributed by atoms with Crippen LogP contribution < -0.4 is 26.4 Å². The monoisotopic (exact) mass is 982 g/mol. The zero-order chi connectivity index (χ0) is 48.9. The van der Waals surface area contributed by atoms with E-state index in [9.17, 15) is 39.3 Å². The molecule has 2 fully saturated rings. The molecule has 3 aliphatic heterocycles. The first-order chi connectivity index (χ1) is 33.4. The number of halogens is 1. The van der Waals surface area contributed by atoms with Crippen LogP contribution in [0.1, 0.15) is 57.9 Å². The molecule has 0 aliphatic carbocycles. The molecule has 0 spiro atoms. The zero-order valence-corrected chi connectivity index (χ0v) is 38.2. The number of hydrogen-bond acceptors (Lipinski definition) is 19. The molecule has 6 atom stereocenters. The first kappa shape index (κ1) is 51.0. The smallest absolute Gasteiger partial charge is 0.264 e. The van der Waals surface area contributed by atoms with E-state index in [1.807, 2.05) is 0 Å². The zero-order valence-electron chi connectivity index (χ0n) is 37.5. The minimum atomic E-state index is -1.45. The molecule has 372 valence electrons. The number of nitrogens with two attached hydrogens (primary N) is 1. The average Bonchev–Trinajstić information content (AvgIpc) is 3.98. The fourth-order valence-electron chi connectivity index (χ4n) is 7.88. The fraction of sp³-hybridized carbons (Fsp3) is 0.489. The van der Waals surface area contributed by atoms with Gasteiger partial charge in [0.2, 0.25) is 17.7 Å². The van der Waals surface area contributed by atoms with Gasteiger partial charge in [0.15, 0.2) is 6.23 Å². The molecule has 24 heteroatoms. The number of anilines is 2. The van der Waals surface area contributed by atoms with E-state index in [4.69, 9.17) is 50.5 Å². The standard InChI is InChI=1S/C45H55ClN8O15/c46-29-5-4-26(36(57)39-37(58)38(59)45(69-39)53-12-8-28-40(47)50-25-51-41(28)53)24-32(29)68-15-11-49-33(55)9-13-63-16-18-65-20-22-67-23-21-66-19-17-64-14-10-48-30-3-1-2-27-35(30)44(62)54(43(27)61)31-6-7-34(56)52-42(31)60/h1-5,8,12,24-25,31,36-39,45,48,57-59H,6-7,9-11,13-23H2,(H,49,55)(H2,47,50,51)(H,52,56,60)/t31?,36-,37+,38-,39?,45-/m1/s1. The number of aromatic nitrogens is 3. The normalized spacial score (nSPS) is 20.6. The van der Waals surface area contributed by atoms with Crippen molar-refractivity contribution >= 4 is 63.7 Å². The van der Waals surface area contributed by atoms with Crippen LogP contribution in [0.5, 0.6) is 5.75 Å². The molecule has 2 aromatic heterocycles. The van der Waals surface area contributed by atoms with Crippen LogP contribution in [0.4, 0.5) is 11.5 Å². The maximum absolute atomic E-state index is 13.2. The third kappa shape index (κ3) is 12.7. The molecule has 0 saturated carbocycles. The predicted molar refractivity (Wildman–Crippen MR) is 243 cm³/mol. The van der Waals surface area contributed by atoms with Crippen LogP contribution in [0.2, 0.25) is 5.02 Å². The molecule has 5 amide bonds. The first-order valence-electron chi connectivity index (χ1n) is 22.4. The topological polar surface area (TPSA) is 307 Å². The van der Waals surface area contributed by atoms with E-state index in [0.29, 0.717) is 88.3 Å². The number of ether oxygens (including phenoxy) is 7. The van der Waals surface area contributed by atoms with Gasteiger partial charge in [-0.2, -0.15) is 0 Å². The summed E-state index contributed by atoms with van der Waals surface area (Å²) in [5.74, 6) is -2.01. The lowest BCUT2D eigenvalue weighted by molar-refractivity contribution is -0.136. The number of nitrogens with zero attached hydrogens (tertiary/aromatic N) is 4. The second-order valence-electron chi connectivity index (χ2n) is 15.9. The highest BCUT2D eigenvalue weighted by Crippen LogP contribution is 2.39. The summed E-state index contributed by atoms with van der Waals surface area (Å²) in [6.45, 7) is 3.80. The molecule has 0 radical (unpaired) electrons. The number of piperidine rings is 1. The van der Waals surface area contributed by atoms with Crippen molar-refractivity contribution in [2.75, 3.05) is 96.8 Å². The number of amides is 5. The summed E-state index contributed by atoms with van der Waals surface area (Å²) in [4.78, 5) is 71.5. The number of carbonyl (C=O) groups excluding carboxylic acids is 5. The van der Waals surface area contributed by atoms with Crippen LogP contribution in [0.3, 0.4) is 0 Å². The molecule has 23 nitrogen and oxygen atoms in total. The van der Waals surface area contributed by atoms with Gasteiger partial charge < -0.3 is 69.4 Å². The molecule has 0 bridgehead atoms. The van der Waals surface area contributed by atoms with Gasteiger partial charge in [-0.05, 0) is 42.3 Å². The van der Waals surface area contributed by atoms with E-state index in [1.165, 1.54) is 29.1 Å². The van der Waals surface area contributed by atoms with E-state index in [0.717, 1.165) is 4.90 Å². The van der Waals surface area contributed by atoms with E-state index in [1.54, 1.807) is 30.5 Å². The van der Waals surface area contributed by atoms with E-state index < -0.39 is 60.3 Å². The van der Waals surface area contributed by atoms with E-state index in [2.05, 4.69) is 25.9 Å². The number of rotatable bonds is 27. The highest BCUT2D eigenvalue weighted by Gasteiger charge is 2.48. The Morgan fingerprint density at radius 1 is 0.870 bits per heavy atom. The van der Waals surface area contributed by atoms with Crippen LogP contribution in [0, 0.1) is 0 Å². The number of nitrogens with one attached hydrogen (secondary N) is 3. The van der Waals surface area contributed by atoms with Crippen molar-refractivity contribution in [3.05, 3.63) is 76.7 Å². The lowest BCUT2D eigenvalue weighted by Crippen LogP contribution is -2.54. The number of hydrogen-bond donors (Lipinski definition) is 7. The Labute approximate surface area is 400 Å². The molecule has 2 unspecified atom stereocenters. The van der Waals surface area contributed by atoms with Crippen LogP contribution >= 0.6 is 11.6 Å². The van der Waals surface area contributed by atoms with E-state index >= 15 is 0 Å². The first-order valence-corrected chi connectivity index (χ1v) is 22.7. The maximum atomic E-state index is 13.2. The number of fused-ring (bicyclic) bond motifs is 2. The molecule has 8 N–H and O–H groups in total. The Bertz CT molecular complexity index is 2440. The summed E-state index contributed by atoms with van der Waals surface area (Å²) in [6.07, 6.45) is -3.33. The van der Waals surface area contributed by atoms with Crippen molar-refractivity contribution in [3.8, 4) is 5.75 Å². The van der Waals surface area contributed by atoms with Gasteiger partial charge in [0.05, 0.1) is 94.1 Å². The highest BCUT2D eigenvalue weighted by molar-refractivity contribution is 6.32. The van der Waals surface area contributed by atoms with Crippen molar-refractivity contribution in [2.24, 2.45) is 0 Å². The Morgan fingerprint density at radius 2 is 1.57 bits per heavy atom. The molecule has 7 rings (SSSR count). The molecule has 69 heavy (non-hydrogen) atoms. The number of aliphatic hydroxyl groups is 3. The van der Waals surface area contributed by atoms with Gasteiger partial charge in [0, 0.05) is 31.3 Å². The van der Waals surface area contributed by atoms with Crippen LogP contribution in [-0.2, 0) is 42.8 Å². The maximum Gasteiger partial charge on any atom is 0.264 e. The SMILES string of the molecule is Nc1ncnc2c1ccn2[C@@H]1OC([C@H](O)c2ccc(Cl)c(OCCNC(=O)CCOCCOCCOCCOCCOCCNc3cccc4c3C(=O)N(C3CCC(=O)NC3=O)C4=O)c2)[C@@H](O)[C@H]1O. The summed E-state index contributed by atoms with van der Waals surface area (Å²) in [6, 6.07) is 10.1. The lowest BCUT2D eigenvalue weighted by Gasteiger charge is -2.27. The number of carbonyl (C=O) groups is 5. The average molecular weight is 983 g/mol. The summed E-state index contributed by atoms with van der Waals surface area (Å²) in [5.41, 5.74) is 7.48. The third-order valence-electron chi connectivity index (χ3n) is 11.4. The van der Waals surface area contributed by atoms with Crippen molar-refractivity contribution in [3.63, 3.8) is 0 Å². The second-order valence-corrected chi connectivity index (χ2v) is 16.3. The summed E-state index contributed by atoms with van der Waals surface area (Å²) in [7, 11) is 0. The molecule has 2 aromatic carbocycles. The van der Waals surface area contributed by atoms with Crippen molar-refractivity contribution in [1.82, 2.24) is 30.1 Å². The van der Waals surface area contributed by atoms with Gasteiger partial charge in [0.25, 0.3) is 11.8 Å². The highest BCUT2D eigenvalue weighted by atomic mass is 35.5. The van der Waals surface area contributed by atoms with Crippen molar-refractivity contribution in [2.45, 2.75) is 55.9 Å². The van der Waals surface area contributed by atoms with Crippen LogP contribution in [0.15, 0.2) is 55.0 Å². The number of benzene rings is 2. The Hall–Kier alpha value is -5.86. The second kappa shape index (κ2) is 24.6. The predicted octanol–water partition coefficient (Wildman–Crippen LogP) is 0.501. The summed E-state index contributed by atoms with van der Waals surface area (Å²) >= 11 is 6.34. The largest absolute Gasteiger partial charge is 0.490 e. The van der Waals surface area contributed by atoms with Gasteiger partial charge >= 0.3 is 0 Å². The van der Waals surface area contributed by atoms with Gasteiger partial charge in [-0.3, -0.25) is 34.2 Å². The molecule has 3 aliphatic rings. The van der Waals surface area contributed by atoms with Crippen molar-refractivity contribution in [1.29, 1.82) is 0 Å². The van der Waals surface area contributed by atoms with Gasteiger partial charge in [-0.15, -0.1) is 0 Å². The molecule has 4 aromatic rings. The molecule has 2 saturated heterocycles. The van der Waals surface area contributed by atoms with E-state index in [-0.39, 0.29) is 72.6 Å². The minimum Gasteiger partial charge on any atom is -0.490 e. The van der Waals surface area contributed by atoms with Crippen LogP contribution in [-0.4, -0.2) is 174 Å².